The number of carboxylic acid groups (broad SMARTS) is 1. The summed E-state index contributed by atoms with van der Waals surface area (Å²) in [5.74, 6) is 1.23. The van der Waals surface area contributed by atoms with Crippen LogP contribution in [0.4, 0.5) is 29.3 Å². The molecule has 4 heterocycles. The van der Waals surface area contributed by atoms with Gasteiger partial charge in [0.05, 0.1) is 54.9 Å². The van der Waals surface area contributed by atoms with Crippen molar-refractivity contribution in [2.24, 2.45) is 23.7 Å². The standard InChI is InChI=1S/C64H78FN11O22S2/c1-6-64(88)44-27-49-54-41(29-76(49)58(82)43(44)32-96-59(64)83)52-46(18-17-38-34(4)45(65)28-48(70-54)51(38)52)71-61(85)97-30-36-13-15-37(16-14-36)69-55(79)35(5)68-57(81)53(33(2)3)73-56(80)47(19-20-50(77)78)72-60(84)94-24-22-67-100(91,92)74-62(86)95-26-25-93-23-21-66-99(89,90)75-63(87)98-31-42-39-11-9-7-8-10-12-40(39)42/h13-16,27-28,33,35,39-40,42,46-47,53,66-67,88H,6,9-12,17-26,29-32H2,1-5H3,(H,68,81)(H,69,79)(H,71,85)(H,72,84)(H,73,80)(H,74,86)(H,75,87)(H,77,78)/t35-,39-,40+,42?,46-,47-,53-,64-/m0/s1. The quantitative estimate of drug-likeness (QED) is 0.0136. The van der Waals surface area contributed by atoms with Crippen LogP contribution >= 0.6 is 0 Å². The number of esters is 1. The number of amides is 7. The number of aliphatic carboxylic acids is 1. The number of carbonyl (C=O) groups is 9. The van der Waals surface area contributed by atoms with Crippen molar-refractivity contribution in [1.82, 2.24) is 49.7 Å². The molecule has 1 fully saturated rings. The molecule has 9 rings (SSSR count). The molecular formula is C64H78FN11O22S2. The zero-order valence-corrected chi connectivity index (χ0v) is 56.8. The minimum Gasteiger partial charge on any atom is -0.481 e. The fourth-order valence-electron chi connectivity index (χ4n) is 12.5. The maximum absolute atomic E-state index is 15.5. The minimum absolute atomic E-state index is 0.0292. The number of benzene rings is 2. The average molecular weight is 1440 g/mol. The number of aliphatic hydroxyl groups is 1. The van der Waals surface area contributed by atoms with Crippen molar-refractivity contribution in [2.75, 3.05) is 51.4 Å². The lowest BCUT2D eigenvalue weighted by atomic mass is 9.81. The molecule has 8 atom stereocenters. The molecule has 0 spiro atoms. The van der Waals surface area contributed by atoms with Gasteiger partial charge in [-0.3, -0.25) is 24.0 Å². The van der Waals surface area contributed by atoms with E-state index in [-0.39, 0.29) is 75.3 Å². The number of nitrogens with one attached hydrogen (secondary N) is 9. The topological polar surface area (TPSA) is 461 Å². The van der Waals surface area contributed by atoms with E-state index in [2.05, 4.69) is 43.1 Å². The van der Waals surface area contributed by atoms with Crippen LogP contribution < -0.4 is 51.0 Å². The van der Waals surface area contributed by atoms with Crippen LogP contribution in [0, 0.1) is 48.3 Å². The van der Waals surface area contributed by atoms with E-state index in [1.165, 1.54) is 29.7 Å². The van der Waals surface area contributed by atoms with Crippen molar-refractivity contribution in [3.8, 4) is 23.2 Å². The summed E-state index contributed by atoms with van der Waals surface area (Å²) in [5.41, 5.74) is 1.74. The molecule has 4 aromatic rings. The molecule has 100 heavy (non-hydrogen) atoms. The molecule has 5 aliphatic rings. The van der Waals surface area contributed by atoms with Crippen molar-refractivity contribution in [1.29, 1.82) is 0 Å². The fraction of sp³-hybridized carbons (Fsp3) is 0.516. The summed E-state index contributed by atoms with van der Waals surface area (Å²) < 4.78 is 104. The number of carboxylic acids is 1. The Bertz CT molecular complexity index is 4220. The molecule has 0 saturated heterocycles. The summed E-state index contributed by atoms with van der Waals surface area (Å²) in [5, 5.41) is 34.2. The lowest BCUT2D eigenvalue weighted by Gasteiger charge is -2.31. The lowest BCUT2D eigenvalue weighted by molar-refractivity contribution is -0.172. The first-order valence-corrected chi connectivity index (χ1v) is 35.3. The zero-order chi connectivity index (χ0) is 72.4. The summed E-state index contributed by atoms with van der Waals surface area (Å²) in [6.07, 6.45) is -1.83. The van der Waals surface area contributed by atoms with Gasteiger partial charge in [-0.25, -0.2) is 42.8 Å². The number of cyclic esters (lactones) is 1. The summed E-state index contributed by atoms with van der Waals surface area (Å²) in [7, 11) is -8.90. The largest absolute Gasteiger partial charge is 0.481 e. The second-order valence-electron chi connectivity index (χ2n) is 24.8. The predicted octanol–water partition coefficient (Wildman–Crippen LogP) is 2.56. The third kappa shape index (κ3) is 18.3. The minimum atomic E-state index is -4.60. The fourth-order valence-corrected chi connectivity index (χ4v) is 13.9. The van der Waals surface area contributed by atoms with Crippen LogP contribution in [0.2, 0.25) is 0 Å². The van der Waals surface area contributed by atoms with Gasteiger partial charge < -0.3 is 69.8 Å². The van der Waals surface area contributed by atoms with Crippen molar-refractivity contribution in [3.05, 3.63) is 91.5 Å². The van der Waals surface area contributed by atoms with Gasteiger partial charge in [-0.05, 0) is 116 Å². The summed E-state index contributed by atoms with van der Waals surface area (Å²) in [4.78, 5) is 134. The number of carbonyl (C=O) groups excluding carboxylic acids is 8. The smallest absolute Gasteiger partial charge is 0.421 e. The number of ether oxygens (including phenoxy) is 6. The van der Waals surface area contributed by atoms with E-state index < -0.39 is 154 Å². The first-order chi connectivity index (χ1) is 47.5. The highest BCUT2D eigenvalue weighted by atomic mass is 32.2. The Labute approximate surface area is 573 Å². The van der Waals surface area contributed by atoms with Gasteiger partial charge in [0.1, 0.15) is 50.4 Å². The monoisotopic (exact) mass is 1440 g/mol. The number of anilines is 1. The molecule has 0 bridgehead atoms. The van der Waals surface area contributed by atoms with Crippen molar-refractivity contribution < 1.29 is 103 Å². The van der Waals surface area contributed by atoms with Gasteiger partial charge in [0.25, 0.3) is 5.56 Å². The molecule has 2 aromatic heterocycles. The summed E-state index contributed by atoms with van der Waals surface area (Å²) in [6, 6.07) is 4.21. The number of nitrogens with zero attached hydrogens (tertiary/aromatic N) is 2. The Morgan fingerprint density at radius 1 is 0.780 bits per heavy atom. The number of fused-ring (bicyclic) bond motifs is 6. The number of hydrogen-bond acceptors (Lipinski definition) is 22. The van der Waals surface area contributed by atoms with Crippen LogP contribution in [-0.4, -0.2) is 155 Å². The maximum atomic E-state index is 15.5. The first kappa shape index (κ1) is 74.7. The van der Waals surface area contributed by atoms with E-state index in [9.17, 15) is 75.0 Å². The van der Waals surface area contributed by atoms with Crippen LogP contribution in [0.5, 0.6) is 0 Å². The van der Waals surface area contributed by atoms with Gasteiger partial charge in [0.15, 0.2) is 5.60 Å². The zero-order valence-electron chi connectivity index (χ0n) is 55.2. The molecule has 1 saturated carbocycles. The number of halogens is 1. The Hall–Kier alpha value is -9.54. The van der Waals surface area contributed by atoms with Gasteiger partial charge in [-0.2, -0.15) is 26.3 Å². The first-order valence-electron chi connectivity index (χ1n) is 32.3. The molecule has 33 nitrogen and oxygen atoms in total. The van der Waals surface area contributed by atoms with Crippen molar-refractivity contribution in [2.45, 2.75) is 142 Å². The van der Waals surface area contributed by atoms with Gasteiger partial charge in [0.2, 0.25) is 17.7 Å². The Kier molecular flexibility index (Phi) is 24.0. The highest BCUT2D eigenvalue weighted by Gasteiger charge is 2.50. The molecular weight excluding hydrogens is 1360 g/mol. The predicted molar refractivity (Wildman–Crippen MR) is 349 cm³/mol. The molecule has 36 heteroatoms. The molecule has 11 N–H and O–H groups in total. The normalized spacial score (nSPS) is 19.5. The number of pyridine rings is 2. The summed E-state index contributed by atoms with van der Waals surface area (Å²) >= 11 is 0. The number of aromatic nitrogens is 2. The average Bonchev–Trinajstić information content (AvgIpc) is 1.47. The highest BCUT2D eigenvalue weighted by molar-refractivity contribution is 7.88. The van der Waals surface area contributed by atoms with E-state index in [4.69, 9.17) is 33.4 Å². The van der Waals surface area contributed by atoms with E-state index in [0.717, 1.165) is 25.7 Å². The third-order valence-electron chi connectivity index (χ3n) is 17.8. The number of rotatable bonds is 30. The summed E-state index contributed by atoms with van der Waals surface area (Å²) in [6.45, 7) is 4.69. The van der Waals surface area contributed by atoms with Gasteiger partial charge >= 0.3 is 56.7 Å². The Balaban J connectivity index is 0.678. The van der Waals surface area contributed by atoms with E-state index >= 15 is 4.39 Å². The van der Waals surface area contributed by atoms with Crippen LogP contribution in [0.15, 0.2) is 41.2 Å². The van der Waals surface area contributed by atoms with Gasteiger partial charge in [-0.1, -0.05) is 32.9 Å². The second-order valence-corrected chi connectivity index (χ2v) is 27.8. The lowest BCUT2D eigenvalue weighted by Crippen LogP contribution is -2.57. The SMILES string of the molecule is CC[C@@]1(O)C(=O)OCc2c1cc1n(c2=O)Cc2c-1nc1cc(F)c(C)c3c1c2[C@@H](NC(=O)OCc1ccc(NC(=O)[C@H](C)NC(=O)[C@@H](NC(=O)[C@H](CCC(=O)O)NC(=O)OCCNS(=O)(=O)NC(=O)OCCOCCNS(=O)(=O)NC(=O)OCC2[C@H]4CCC#CCC[C@@H]24)C(C)C)cc1)CC3. The van der Waals surface area contributed by atoms with Crippen LogP contribution in [0.25, 0.3) is 22.3 Å². The van der Waals surface area contributed by atoms with Crippen LogP contribution in [-0.2, 0) is 105 Å². The Morgan fingerprint density at radius 3 is 2.10 bits per heavy atom. The van der Waals surface area contributed by atoms with Gasteiger partial charge in [-0.15, -0.1) is 11.8 Å². The molecule has 540 valence electrons. The van der Waals surface area contributed by atoms with Crippen molar-refractivity contribution >= 4 is 91.0 Å². The molecule has 1 unspecified atom stereocenters. The van der Waals surface area contributed by atoms with E-state index in [0.29, 0.717) is 74.8 Å². The molecule has 0 radical (unpaired) electrons. The Morgan fingerprint density at radius 2 is 1.44 bits per heavy atom. The highest BCUT2D eigenvalue weighted by Crippen LogP contribution is 2.52. The number of hydrogen-bond donors (Lipinski definition) is 11. The molecule has 7 amide bonds. The third-order valence-corrected chi connectivity index (χ3v) is 19.9. The van der Waals surface area contributed by atoms with Crippen LogP contribution in [0.1, 0.15) is 124 Å². The number of aryl methyl sites for hydroxylation is 1. The van der Waals surface area contributed by atoms with E-state index in [1.54, 1.807) is 55.3 Å². The van der Waals surface area contributed by atoms with Gasteiger partial charge in [0, 0.05) is 60.6 Å². The number of alkyl carbamates (subject to hydrolysis) is 2. The maximum Gasteiger partial charge on any atom is 0.421 e. The van der Waals surface area contributed by atoms with E-state index in [1.807, 2.05) is 4.72 Å². The second kappa shape index (κ2) is 32.2. The van der Waals surface area contributed by atoms with Crippen LogP contribution in [0.3, 0.4) is 0 Å². The molecule has 2 aromatic carbocycles. The molecule has 3 aliphatic carbocycles. The van der Waals surface area contributed by atoms with Crippen molar-refractivity contribution in [3.63, 3.8) is 0 Å². The molecule has 2 aliphatic heterocycles.